The smallest absolute Gasteiger partial charge is 0.351 e. The van der Waals surface area contributed by atoms with Crippen molar-refractivity contribution in [2.75, 3.05) is 4.90 Å². The van der Waals surface area contributed by atoms with E-state index in [2.05, 4.69) is 4.98 Å². The average molecular weight is 287 g/mol. The standard InChI is InChI=1S/C14H20F3N3/c1-3-11-6-4-9(2)20(11)13-10(8-18)5-7-12(19-13)14(15,16)17/h5,7,9,11H,3-4,6,8,18H2,1-2H3. The summed E-state index contributed by atoms with van der Waals surface area (Å²) in [5, 5.41) is 0. The van der Waals surface area contributed by atoms with Gasteiger partial charge in [0.1, 0.15) is 11.5 Å². The molecule has 1 fully saturated rings. The summed E-state index contributed by atoms with van der Waals surface area (Å²) in [5.74, 6) is 0.402. The third-order valence-corrected chi connectivity index (χ3v) is 3.97. The van der Waals surface area contributed by atoms with Crippen LogP contribution in [0.2, 0.25) is 0 Å². The first-order valence-electron chi connectivity index (χ1n) is 6.94. The quantitative estimate of drug-likeness (QED) is 0.927. The van der Waals surface area contributed by atoms with E-state index in [1.807, 2.05) is 18.7 Å². The summed E-state index contributed by atoms with van der Waals surface area (Å²) in [7, 11) is 0. The van der Waals surface area contributed by atoms with E-state index in [4.69, 9.17) is 5.73 Å². The Morgan fingerprint density at radius 3 is 2.60 bits per heavy atom. The van der Waals surface area contributed by atoms with Gasteiger partial charge < -0.3 is 10.6 Å². The molecule has 112 valence electrons. The van der Waals surface area contributed by atoms with Gasteiger partial charge in [0.25, 0.3) is 0 Å². The minimum Gasteiger partial charge on any atom is -0.351 e. The van der Waals surface area contributed by atoms with Gasteiger partial charge in [-0.15, -0.1) is 0 Å². The van der Waals surface area contributed by atoms with Gasteiger partial charge in [-0.1, -0.05) is 13.0 Å². The monoisotopic (exact) mass is 287 g/mol. The molecule has 0 aromatic carbocycles. The van der Waals surface area contributed by atoms with Crippen LogP contribution in [0.3, 0.4) is 0 Å². The van der Waals surface area contributed by atoms with Gasteiger partial charge >= 0.3 is 6.18 Å². The molecule has 2 unspecified atom stereocenters. The Kier molecular flexibility index (Phi) is 4.22. The first kappa shape index (κ1) is 15.1. The zero-order chi connectivity index (χ0) is 14.9. The fourth-order valence-electron chi connectivity index (χ4n) is 2.87. The van der Waals surface area contributed by atoms with Crippen molar-refractivity contribution < 1.29 is 13.2 Å². The highest BCUT2D eigenvalue weighted by molar-refractivity contribution is 5.51. The van der Waals surface area contributed by atoms with Gasteiger partial charge in [-0.25, -0.2) is 4.98 Å². The van der Waals surface area contributed by atoms with Crippen LogP contribution in [0.15, 0.2) is 12.1 Å². The molecule has 1 aromatic rings. The van der Waals surface area contributed by atoms with Crippen LogP contribution in [0.1, 0.15) is 44.4 Å². The number of nitrogens with zero attached hydrogens (tertiary/aromatic N) is 2. The van der Waals surface area contributed by atoms with Gasteiger partial charge in [0, 0.05) is 24.2 Å². The number of alkyl halides is 3. The Labute approximate surface area is 117 Å². The molecular weight excluding hydrogens is 267 g/mol. The van der Waals surface area contributed by atoms with Gasteiger partial charge in [-0.3, -0.25) is 0 Å². The predicted molar refractivity (Wildman–Crippen MR) is 72.4 cm³/mol. The largest absolute Gasteiger partial charge is 0.433 e. The Balaban J connectivity index is 2.47. The molecule has 1 aliphatic rings. The normalized spacial score (nSPS) is 23.4. The van der Waals surface area contributed by atoms with Crippen LogP contribution in [0, 0.1) is 0 Å². The Morgan fingerprint density at radius 2 is 2.05 bits per heavy atom. The minimum absolute atomic E-state index is 0.195. The van der Waals surface area contributed by atoms with E-state index in [1.54, 1.807) is 0 Å². The van der Waals surface area contributed by atoms with E-state index in [9.17, 15) is 13.2 Å². The van der Waals surface area contributed by atoms with Crippen LogP contribution < -0.4 is 10.6 Å². The number of pyridine rings is 1. The Hall–Kier alpha value is -1.30. The van der Waals surface area contributed by atoms with Crippen LogP contribution in [0.25, 0.3) is 0 Å². The lowest BCUT2D eigenvalue weighted by molar-refractivity contribution is -0.141. The van der Waals surface area contributed by atoms with Crippen LogP contribution in [0.5, 0.6) is 0 Å². The number of hydrogen-bond acceptors (Lipinski definition) is 3. The summed E-state index contributed by atoms with van der Waals surface area (Å²) in [6.45, 7) is 4.27. The highest BCUT2D eigenvalue weighted by Gasteiger charge is 2.36. The van der Waals surface area contributed by atoms with Gasteiger partial charge in [-0.2, -0.15) is 13.2 Å². The molecule has 6 heteroatoms. The molecule has 0 amide bonds. The van der Waals surface area contributed by atoms with Crippen molar-refractivity contribution in [3.05, 3.63) is 23.4 Å². The van der Waals surface area contributed by atoms with Crippen molar-refractivity contribution in [2.24, 2.45) is 5.73 Å². The lowest BCUT2D eigenvalue weighted by atomic mass is 10.1. The maximum Gasteiger partial charge on any atom is 0.433 e. The molecular formula is C14H20F3N3. The van der Waals surface area contributed by atoms with Crippen molar-refractivity contribution in [3.8, 4) is 0 Å². The number of rotatable bonds is 3. The highest BCUT2D eigenvalue weighted by Crippen LogP contribution is 2.35. The van der Waals surface area contributed by atoms with E-state index in [-0.39, 0.29) is 18.6 Å². The fraction of sp³-hybridized carbons (Fsp3) is 0.643. The second-order valence-corrected chi connectivity index (χ2v) is 5.28. The van der Waals surface area contributed by atoms with Gasteiger partial charge in [0.05, 0.1) is 0 Å². The summed E-state index contributed by atoms with van der Waals surface area (Å²) in [6.07, 6.45) is -1.57. The minimum atomic E-state index is -4.42. The summed E-state index contributed by atoms with van der Waals surface area (Å²) in [6, 6.07) is 2.89. The molecule has 2 N–H and O–H groups in total. The zero-order valence-corrected chi connectivity index (χ0v) is 11.7. The molecule has 2 atom stereocenters. The molecule has 0 saturated carbocycles. The van der Waals surface area contributed by atoms with Crippen molar-refractivity contribution in [1.82, 2.24) is 4.98 Å². The van der Waals surface area contributed by atoms with Crippen LogP contribution in [0.4, 0.5) is 19.0 Å². The topological polar surface area (TPSA) is 42.2 Å². The highest BCUT2D eigenvalue weighted by atomic mass is 19.4. The van der Waals surface area contributed by atoms with E-state index in [1.165, 1.54) is 6.07 Å². The molecule has 0 spiro atoms. The van der Waals surface area contributed by atoms with Crippen molar-refractivity contribution >= 4 is 5.82 Å². The molecule has 20 heavy (non-hydrogen) atoms. The molecule has 2 heterocycles. The molecule has 1 aromatic heterocycles. The van der Waals surface area contributed by atoms with E-state index in [0.717, 1.165) is 25.3 Å². The average Bonchev–Trinajstić information content (AvgIpc) is 2.77. The maximum absolute atomic E-state index is 12.9. The fourth-order valence-corrected chi connectivity index (χ4v) is 2.87. The summed E-state index contributed by atoms with van der Waals surface area (Å²) < 4.78 is 38.6. The molecule has 0 bridgehead atoms. The van der Waals surface area contributed by atoms with Gasteiger partial charge in [0.2, 0.25) is 0 Å². The third-order valence-electron chi connectivity index (χ3n) is 3.97. The van der Waals surface area contributed by atoms with Gasteiger partial charge in [0.15, 0.2) is 0 Å². The van der Waals surface area contributed by atoms with E-state index < -0.39 is 11.9 Å². The second kappa shape index (κ2) is 5.60. The number of halogens is 3. The second-order valence-electron chi connectivity index (χ2n) is 5.28. The lowest BCUT2D eigenvalue weighted by Gasteiger charge is -2.31. The lowest BCUT2D eigenvalue weighted by Crippen LogP contribution is -2.36. The first-order chi connectivity index (χ1) is 9.38. The van der Waals surface area contributed by atoms with E-state index >= 15 is 0 Å². The molecule has 0 radical (unpaired) electrons. The van der Waals surface area contributed by atoms with Crippen molar-refractivity contribution in [1.29, 1.82) is 0 Å². The van der Waals surface area contributed by atoms with Gasteiger partial charge in [-0.05, 0) is 32.3 Å². The summed E-state index contributed by atoms with van der Waals surface area (Å²) in [4.78, 5) is 5.88. The van der Waals surface area contributed by atoms with Crippen LogP contribution in [-0.4, -0.2) is 17.1 Å². The molecule has 3 nitrogen and oxygen atoms in total. The number of nitrogens with two attached hydrogens (primary N) is 1. The Morgan fingerprint density at radius 1 is 1.35 bits per heavy atom. The number of anilines is 1. The maximum atomic E-state index is 12.9. The number of aromatic nitrogens is 1. The third kappa shape index (κ3) is 2.75. The predicted octanol–water partition coefficient (Wildman–Crippen LogP) is 3.33. The molecule has 0 aliphatic carbocycles. The number of hydrogen-bond donors (Lipinski definition) is 1. The van der Waals surface area contributed by atoms with Crippen LogP contribution in [-0.2, 0) is 12.7 Å². The molecule has 1 aliphatic heterocycles. The SMILES string of the molecule is CCC1CCC(C)N1c1nc(C(F)(F)F)ccc1CN. The molecule has 1 saturated heterocycles. The van der Waals surface area contributed by atoms with E-state index in [0.29, 0.717) is 11.4 Å². The van der Waals surface area contributed by atoms with Crippen molar-refractivity contribution in [3.63, 3.8) is 0 Å². The van der Waals surface area contributed by atoms with Crippen LogP contribution >= 0.6 is 0 Å². The summed E-state index contributed by atoms with van der Waals surface area (Å²) >= 11 is 0. The van der Waals surface area contributed by atoms with Crippen molar-refractivity contribution in [2.45, 2.75) is 57.9 Å². The first-order valence-corrected chi connectivity index (χ1v) is 6.94. The Bertz CT molecular complexity index is 473. The molecule has 2 rings (SSSR count). The zero-order valence-electron chi connectivity index (χ0n) is 11.7. The summed E-state index contributed by atoms with van der Waals surface area (Å²) in [5.41, 5.74) is 5.48.